The first-order chi connectivity index (χ1) is 10.6. The Morgan fingerprint density at radius 3 is 2.82 bits per heavy atom. The second kappa shape index (κ2) is 6.02. The first kappa shape index (κ1) is 14.3. The Kier molecular flexibility index (Phi) is 3.92. The minimum absolute atomic E-state index is 0.262. The number of amides is 1. The van der Waals surface area contributed by atoms with Crippen LogP contribution in [0.1, 0.15) is 0 Å². The summed E-state index contributed by atoms with van der Waals surface area (Å²) in [6, 6.07) is 8.06. The SMILES string of the molecule is COC(=O)Nc1nc2ncc(Sc3ccc(F)cc3)cc2[nH]1. The summed E-state index contributed by atoms with van der Waals surface area (Å²) >= 11 is 1.45. The maximum Gasteiger partial charge on any atom is 0.413 e. The second-order valence-corrected chi connectivity index (χ2v) is 5.45. The molecular formula is C14H11FN4O2S. The van der Waals surface area contributed by atoms with Gasteiger partial charge in [-0.05, 0) is 30.3 Å². The highest BCUT2D eigenvalue weighted by Gasteiger charge is 2.08. The summed E-state index contributed by atoms with van der Waals surface area (Å²) in [5, 5.41) is 2.44. The van der Waals surface area contributed by atoms with Crippen molar-refractivity contribution < 1.29 is 13.9 Å². The van der Waals surface area contributed by atoms with Gasteiger partial charge in [-0.2, -0.15) is 4.98 Å². The molecule has 8 heteroatoms. The number of pyridine rings is 1. The van der Waals surface area contributed by atoms with Gasteiger partial charge < -0.3 is 9.72 Å². The zero-order valence-corrected chi connectivity index (χ0v) is 12.3. The average molecular weight is 318 g/mol. The molecule has 0 aliphatic carbocycles. The van der Waals surface area contributed by atoms with Crippen LogP contribution in [0, 0.1) is 5.82 Å². The molecule has 0 spiro atoms. The summed E-state index contributed by atoms with van der Waals surface area (Å²) in [5.41, 5.74) is 1.16. The number of aromatic nitrogens is 3. The van der Waals surface area contributed by atoms with Crippen molar-refractivity contribution in [1.29, 1.82) is 0 Å². The number of hydrogen-bond donors (Lipinski definition) is 2. The Balaban J connectivity index is 1.83. The molecule has 1 aromatic carbocycles. The molecule has 0 fully saturated rings. The average Bonchev–Trinajstić information content (AvgIpc) is 2.91. The largest absolute Gasteiger partial charge is 0.453 e. The van der Waals surface area contributed by atoms with E-state index in [4.69, 9.17) is 0 Å². The van der Waals surface area contributed by atoms with E-state index < -0.39 is 6.09 Å². The molecule has 2 aromatic heterocycles. The van der Waals surface area contributed by atoms with Gasteiger partial charge in [-0.3, -0.25) is 5.32 Å². The van der Waals surface area contributed by atoms with Gasteiger partial charge in [-0.1, -0.05) is 11.8 Å². The number of imidazole rings is 1. The number of benzene rings is 1. The minimum Gasteiger partial charge on any atom is -0.453 e. The molecule has 0 atom stereocenters. The summed E-state index contributed by atoms with van der Waals surface area (Å²) in [4.78, 5) is 24.2. The highest BCUT2D eigenvalue weighted by molar-refractivity contribution is 7.99. The van der Waals surface area contributed by atoms with Gasteiger partial charge in [0.25, 0.3) is 0 Å². The van der Waals surface area contributed by atoms with Crippen molar-refractivity contribution in [2.24, 2.45) is 0 Å². The predicted octanol–water partition coefficient (Wildman–Crippen LogP) is 3.43. The molecule has 0 aliphatic rings. The Morgan fingerprint density at radius 2 is 2.09 bits per heavy atom. The number of halogens is 1. The maximum atomic E-state index is 12.9. The molecule has 0 bridgehead atoms. The highest BCUT2D eigenvalue weighted by Crippen LogP contribution is 2.28. The summed E-state index contributed by atoms with van der Waals surface area (Å²) in [5.74, 6) is -0.0108. The first-order valence-electron chi connectivity index (χ1n) is 6.28. The van der Waals surface area contributed by atoms with Gasteiger partial charge in [0.1, 0.15) is 5.82 Å². The van der Waals surface area contributed by atoms with Crippen LogP contribution in [-0.2, 0) is 4.74 Å². The van der Waals surface area contributed by atoms with E-state index in [1.165, 1.54) is 31.0 Å². The minimum atomic E-state index is -0.611. The topological polar surface area (TPSA) is 79.9 Å². The van der Waals surface area contributed by atoms with E-state index in [0.29, 0.717) is 11.2 Å². The van der Waals surface area contributed by atoms with E-state index in [2.05, 4.69) is 25.0 Å². The number of methoxy groups -OCH3 is 1. The van der Waals surface area contributed by atoms with Crippen molar-refractivity contribution in [3.8, 4) is 0 Å². The summed E-state index contributed by atoms with van der Waals surface area (Å²) in [6.45, 7) is 0. The lowest BCUT2D eigenvalue weighted by molar-refractivity contribution is 0.186. The monoisotopic (exact) mass is 318 g/mol. The van der Waals surface area contributed by atoms with Crippen molar-refractivity contribution in [1.82, 2.24) is 15.0 Å². The van der Waals surface area contributed by atoms with Crippen LogP contribution >= 0.6 is 11.8 Å². The fourth-order valence-corrected chi connectivity index (χ4v) is 2.61. The van der Waals surface area contributed by atoms with Crippen LogP contribution in [0.25, 0.3) is 11.2 Å². The van der Waals surface area contributed by atoms with E-state index in [-0.39, 0.29) is 11.8 Å². The number of carbonyl (C=O) groups excluding carboxylic acids is 1. The summed E-state index contributed by atoms with van der Waals surface area (Å²) < 4.78 is 17.4. The van der Waals surface area contributed by atoms with Crippen LogP contribution in [0.15, 0.2) is 46.3 Å². The highest BCUT2D eigenvalue weighted by atomic mass is 32.2. The van der Waals surface area contributed by atoms with E-state index in [1.807, 2.05) is 6.07 Å². The predicted molar refractivity (Wildman–Crippen MR) is 80.4 cm³/mol. The third-order valence-corrected chi connectivity index (χ3v) is 3.73. The Hall–Kier alpha value is -2.61. The van der Waals surface area contributed by atoms with Crippen LogP contribution in [0.4, 0.5) is 15.1 Å². The Labute approximate surface area is 129 Å². The van der Waals surface area contributed by atoms with Crippen molar-refractivity contribution in [2.75, 3.05) is 12.4 Å². The number of hydrogen-bond acceptors (Lipinski definition) is 5. The summed E-state index contributed by atoms with van der Waals surface area (Å²) in [6.07, 6.45) is 1.05. The molecule has 1 amide bonds. The van der Waals surface area contributed by atoms with Crippen LogP contribution in [0.5, 0.6) is 0 Å². The number of ether oxygens (including phenoxy) is 1. The number of carbonyl (C=O) groups is 1. The van der Waals surface area contributed by atoms with Crippen molar-refractivity contribution >= 4 is 35.0 Å². The number of aromatic amines is 1. The molecule has 0 saturated heterocycles. The lowest BCUT2D eigenvalue weighted by Gasteiger charge is -2.00. The van der Waals surface area contributed by atoms with E-state index in [0.717, 1.165) is 9.79 Å². The zero-order valence-electron chi connectivity index (χ0n) is 11.5. The van der Waals surface area contributed by atoms with Gasteiger partial charge in [0, 0.05) is 16.0 Å². The molecule has 0 unspecified atom stereocenters. The fourth-order valence-electron chi connectivity index (χ4n) is 1.78. The molecule has 2 N–H and O–H groups in total. The number of fused-ring (bicyclic) bond motifs is 1. The number of anilines is 1. The molecular weight excluding hydrogens is 307 g/mol. The summed E-state index contributed by atoms with van der Waals surface area (Å²) in [7, 11) is 1.27. The van der Waals surface area contributed by atoms with Crippen LogP contribution < -0.4 is 5.32 Å². The Morgan fingerprint density at radius 1 is 1.32 bits per heavy atom. The van der Waals surface area contributed by atoms with E-state index in [1.54, 1.807) is 18.3 Å². The molecule has 3 rings (SSSR count). The number of rotatable bonds is 3. The molecule has 0 aliphatic heterocycles. The van der Waals surface area contributed by atoms with Crippen LogP contribution in [-0.4, -0.2) is 28.2 Å². The standard InChI is InChI=1S/C14H11FN4O2S/c1-21-14(20)19-13-17-11-6-10(7-16-12(11)18-13)22-9-4-2-8(15)3-5-9/h2-7H,1H3,(H2,16,17,18,19,20). The second-order valence-electron chi connectivity index (χ2n) is 4.30. The Bertz CT molecular complexity index is 819. The zero-order chi connectivity index (χ0) is 15.5. The van der Waals surface area contributed by atoms with Crippen molar-refractivity contribution in [3.63, 3.8) is 0 Å². The van der Waals surface area contributed by atoms with Crippen LogP contribution in [0.2, 0.25) is 0 Å². The van der Waals surface area contributed by atoms with Gasteiger partial charge in [-0.25, -0.2) is 14.2 Å². The van der Waals surface area contributed by atoms with E-state index >= 15 is 0 Å². The molecule has 0 saturated carbocycles. The van der Waals surface area contributed by atoms with Gasteiger partial charge in [0.2, 0.25) is 5.95 Å². The van der Waals surface area contributed by atoms with Crippen LogP contribution in [0.3, 0.4) is 0 Å². The van der Waals surface area contributed by atoms with Gasteiger partial charge in [0.15, 0.2) is 5.65 Å². The maximum absolute atomic E-state index is 12.9. The molecule has 112 valence electrons. The molecule has 0 radical (unpaired) electrons. The number of nitrogens with zero attached hydrogens (tertiary/aromatic N) is 2. The van der Waals surface area contributed by atoms with E-state index in [9.17, 15) is 9.18 Å². The van der Waals surface area contributed by atoms with Crippen molar-refractivity contribution in [2.45, 2.75) is 9.79 Å². The molecule has 2 heterocycles. The van der Waals surface area contributed by atoms with Gasteiger partial charge in [0.05, 0.1) is 12.6 Å². The molecule has 6 nitrogen and oxygen atoms in total. The third kappa shape index (κ3) is 3.17. The lowest BCUT2D eigenvalue weighted by Crippen LogP contribution is -2.11. The number of nitrogens with one attached hydrogen (secondary N) is 2. The van der Waals surface area contributed by atoms with Crippen molar-refractivity contribution in [3.05, 3.63) is 42.3 Å². The number of H-pyrrole nitrogens is 1. The third-order valence-electron chi connectivity index (χ3n) is 2.77. The van der Waals surface area contributed by atoms with Gasteiger partial charge in [-0.15, -0.1) is 0 Å². The normalized spacial score (nSPS) is 10.6. The smallest absolute Gasteiger partial charge is 0.413 e. The quantitative estimate of drug-likeness (QED) is 0.773. The molecule has 3 aromatic rings. The lowest BCUT2D eigenvalue weighted by atomic mass is 10.4. The molecule has 22 heavy (non-hydrogen) atoms. The fraction of sp³-hybridized carbons (Fsp3) is 0.0714. The first-order valence-corrected chi connectivity index (χ1v) is 7.10. The van der Waals surface area contributed by atoms with Gasteiger partial charge >= 0.3 is 6.09 Å².